The van der Waals surface area contributed by atoms with Gasteiger partial charge in [0.05, 0.1) is 6.20 Å². The predicted molar refractivity (Wildman–Crippen MR) is 50.0 cm³/mol. The summed E-state index contributed by atoms with van der Waals surface area (Å²) in [5.74, 6) is 0.835. The Morgan fingerprint density at radius 3 is 3.08 bits per heavy atom. The number of aromatic nitrogens is 2. The largest absolute Gasteiger partial charge is 0.368 e. The number of anilines is 1. The van der Waals surface area contributed by atoms with Crippen LogP contribution in [0.25, 0.3) is 0 Å². The van der Waals surface area contributed by atoms with Crippen molar-refractivity contribution in [2.75, 3.05) is 11.9 Å². The highest BCUT2D eigenvalue weighted by molar-refractivity contribution is 5.29. The van der Waals surface area contributed by atoms with Crippen LogP contribution in [0, 0.1) is 0 Å². The van der Waals surface area contributed by atoms with E-state index in [0.717, 1.165) is 18.8 Å². The third-order valence-corrected chi connectivity index (χ3v) is 1.42. The van der Waals surface area contributed by atoms with Gasteiger partial charge in [-0.2, -0.15) is 0 Å². The Balaban J connectivity index is 2.24. The molecule has 0 amide bonds. The number of rotatable bonds is 4. The molecule has 0 aliphatic carbocycles. The highest BCUT2D eigenvalue weighted by Crippen LogP contribution is 1.96. The van der Waals surface area contributed by atoms with E-state index in [2.05, 4.69) is 21.4 Å². The lowest BCUT2D eigenvalue weighted by atomic mass is 10.4. The Labute approximate surface area is 72.6 Å². The van der Waals surface area contributed by atoms with Crippen LogP contribution in [0.4, 0.5) is 5.82 Å². The maximum atomic E-state index is 4.08. The van der Waals surface area contributed by atoms with Crippen LogP contribution >= 0.6 is 0 Å². The first-order chi connectivity index (χ1) is 5.93. The zero-order valence-electron chi connectivity index (χ0n) is 7.20. The van der Waals surface area contributed by atoms with Gasteiger partial charge >= 0.3 is 0 Å². The van der Waals surface area contributed by atoms with E-state index in [-0.39, 0.29) is 0 Å². The van der Waals surface area contributed by atoms with E-state index in [1.165, 1.54) is 0 Å². The number of allylic oxidation sites excluding steroid dienone is 1. The van der Waals surface area contributed by atoms with Gasteiger partial charge in [-0.1, -0.05) is 12.2 Å². The van der Waals surface area contributed by atoms with Crippen LogP contribution in [0.5, 0.6) is 0 Å². The molecule has 0 aromatic carbocycles. The van der Waals surface area contributed by atoms with E-state index in [1.54, 1.807) is 18.6 Å². The molecule has 1 aromatic heterocycles. The van der Waals surface area contributed by atoms with Gasteiger partial charge in [0, 0.05) is 18.9 Å². The maximum absolute atomic E-state index is 4.08. The first kappa shape index (κ1) is 8.71. The molecule has 64 valence electrons. The second-order valence-corrected chi connectivity index (χ2v) is 2.38. The van der Waals surface area contributed by atoms with Gasteiger partial charge in [0.25, 0.3) is 0 Å². The molecule has 0 aliphatic rings. The summed E-state index contributed by atoms with van der Waals surface area (Å²) in [7, 11) is 0. The van der Waals surface area contributed by atoms with Crippen molar-refractivity contribution >= 4 is 5.82 Å². The molecule has 0 fully saturated rings. The third kappa shape index (κ3) is 3.14. The van der Waals surface area contributed by atoms with Crippen molar-refractivity contribution in [2.24, 2.45) is 0 Å². The molecule has 1 heterocycles. The summed E-state index contributed by atoms with van der Waals surface area (Å²) in [4.78, 5) is 8.02. The number of nitrogens with one attached hydrogen (secondary N) is 1. The van der Waals surface area contributed by atoms with Gasteiger partial charge in [-0.3, -0.25) is 4.98 Å². The lowest BCUT2D eigenvalue weighted by Gasteiger charge is -2.00. The monoisotopic (exact) mass is 163 g/mol. The fourth-order valence-electron chi connectivity index (χ4n) is 0.841. The van der Waals surface area contributed by atoms with Crippen molar-refractivity contribution in [3.63, 3.8) is 0 Å². The minimum atomic E-state index is 0.835. The minimum absolute atomic E-state index is 0.835. The highest BCUT2D eigenvalue weighted by Gasteiger charge is 1.88. The number of hydrogen-bond acceptors (Lipinski definition) is 3. The Kier molecular flexibility index (Phi) is 3.84. The van der Waals surface area contributed by atoms with Crippen molar-refractivity contribution in [1.29, 1.82) is 0 Å². The number of hydrogen-bond donors (Lipinski definition) is 1. The molecule has 0 unspecified atom stereocenters. The standard InChI is InChI=1S/C9H13N3/c1-2-3-4-5-11-9-8-10-6-7-12-9/h2-3,6-8H,4-5H2,1H3,(H,11,12)/b3-2+. The normalized spacial score (nSPS) is 10.4. The van der Waals surface area contributed by atoms with E-state index in [9.17, 15) is 0 Å². The van der Waals surface area contributed by atoms with Gasteiger partial charge in [0.2, 0.25) is 0 Å². The van der Waals surface area contributed by atoms with Gasteiger partial charge in [-0.05, 0) is 13.3 Å². The summed E-state index contributed by atoms with van der Waals surface area (Å²) in [6, 6.07) is 0. The fourth-order valence-corrected chi connectivity index (χ4v) is 0.841. The molecule has 0 atom stereocenters. The quantitative estimate of drug-likeness (QED) is 0.543. The Morgan fingerprint density at radius 1 is 1.50 bits per heavy atom. The maximum Gasteiger partial charge on any atom is 0.144 e. The fraction of sp³-hybridized carbons (Fsp3) is 0.333. The van der Waals surface area contributed by atoms with Crippen molar-refractivity contribution < 1.29 is 0 Å². The molecule has 1 rings (SSSR count). The predicted octanol–water partition coefficient (Wildman–Crippen LogP) is 1.85. The second-order valence-electron chi connectivity index (χ2n) is 2.38. The summed E-state index contributed by atoms with van der Waals surface area (Å²) >= 11 is 0. The molecule has 0 saturated carbocycles. The average molecular weight is 163 g/mol. The highest BCUT2D eigenvalue weighted by atomic mass is 15.0. The molecule has 0 aliphatic heterocycles. The SMILES string of the molecule is C/C=C/CCNc1cnccn1. The van der Waals surface area contributed by atoms with Crippen molar-refractivity contribution in [1.82, 2.24) is 9.97 Å². The summed E-state index contributed by atoms with van der Waals surface area (Å²) in [5, 5.41) is 3.15. The zero-order valence-corrected chi connectivity index (χ0v) is 7.20. The molecule has 0 saturated heterocycles. The van der Waals surface area contributed by atoms with E-state index >= 15 is 0 Å². The Bertz CT molecular complexity index is 231. The van der Waals surface area contributed by atoms with E-state index in [0.29, 0.717) is 0 Å². The molecule has 0 bridgehead atoms. The average Bonchev–Trinajstić information content (AvgIpc) is 2.14. The van der Waals surface area contributed by atoms with Crippen molar-refractivity contribution in [3.05, 3.63) is 30.7 Å². The van der Waals surface area contributed by atoms with Crippen molar-refractivity contribution in [2.45, 2.75) is 13.3 Å². The molecule has 1 aromatic rings. The summed E-state index contributed by atoms with van der Waals surface area (Å²) < 4.78 is 0. The first-order valence-electron chi connectivity index (χ1n) is 4.04. The molecule has 3 heteroatoms. The van der Waals surface area contributed by atoms with E-state index < -0.39 is 0 Å². The molecule has 0 spiro atoms. The molecule has 0 radical (unpaired) electrons. The van der Waals surface area contributed by atoms with Gasteiger partial charge in [-0.25, -0.2) is 4.98 Å². The molecule has 12 heavy (non-hydrogen) atoms. The second kappa shape index (κ2) is 5.29. The molecule has 1 N–H and O–H groups in total. The van der Waals surface area contributed by atoms with E-state index in [4.69, 9.17) is 0 Å². The van der Waals surface area contributed by atoms with Crippen LogP contribution < -0.4 is 5.32 Å². The zero-order chi connectivity index (χ0) is 8.65. The van der Waals surface area contributed by atoms with Crippen LogP contribution in [0.2, 0.25) is 0 Å². The van der Waals surface area contributed by atoms with Gasteiger partial charge in [0.15, 0.2) is 0 Å². The first-order valence-corrected chi connectivity index (χ1v) is 4.04. The Hall–Kier alpha value is -1.38. The lowest BCUT2D eigenvalue weighted by molar-refractivity contribution is 1.03. The van der Waals surface area contributed by atoms with Gasteiger partial charge in [0.1, 0.15) is 5.82 Å². The van der Waals surface area contributed by atoms with Crippen LogP contribution in [0.3, 0.4) is 0 Å². The van der Waals surface area contributed by atoms with Crippen LogP contribution in [0.1, 0.15) is 13.3 Å². The van der Waals surface area contributed by atoms with Gasteiger partial charge in [-0.15, -0.1) is 0 Å². The van der Waals surface area contributed by atoms with Crippen LogP contribution in [0.15, 0.2) is 30.7 Å². The van der Waals surface area contributed by atoms with Crippen LogP contribution in [-0.4, -0.2) is 16.5 Å². The molecule has 3 nitrogen and oxygen atoms in total. The third-order valence-electron chi connectivity index (χ3n) is 1.42. The minimum Gasteiger partial charge on any atom is -0.368 e. The Morgan fingerprint density at radius 2 is 2.42 bits per heavy atom. The van der Waals surface area contributed by atoms with Crippen LogP contribution in [-0.2, 0) is 0 Å². The number of nitrogens with zero attached hydrogens (tertiary/aromatic N) is 2. The smallest absolute Gasteiger partial charge is 0.144 e. The molecular formula is C9H13N3. The van der Waals surface area contributed by atoms with Gasteiger partial charge < -0.3 is 5.32 Å². The molecular weight excluding hydrogens is 150 g/mol. The topological polar surface area (TPSA) is 37.8 Å². The summed E-state index contributed by atoms with van der Waals surface area (Å²) in [6.07, 6.45) is 10.2. The summed E-state index contributed by atoms with van der Waals surface area (Å²) in [5.41, 5.74) is 0. The summed E-state index contributed by atoms with van der Waals surface area (Å²) in [6.45, 7) is 2.92. The lowest BCUT2D eigenvalue weighted by Crippen LogP contribution is -2.01. The van der Waals surface area contributed by atoms with Crippen molar-refractivity contribution in [3.8, 4) is 0 Å². The van der Waals surface area contributed by atoms with E-state index in [1.807, 2.05) is 13.0 Å².